The maximum Gasteiger partial charge on any atom is 0.410 e. The predicted molar refractivity (Wildman–Crippen MR) is 92.8 cm³/mol. The summed E-state index contributed by atoms with van der Waals surface area (Å²) in [6.07, 6.45) is 4.78. The fraction of sp³-hybridized carbons (Fsp3) is 0.667. The van der Waals surface area contributed by atoms with Crippen molar-refractivity contribution in [1.82, 2.24) is 9.88 Å². The largest absolute Gasteiger partial charge is 0.444 e. The first-order valence-electron chi connectivity index (χ1n) is 8.32. The molecule has 1 amide bonds. The van der Waals surface area contributed by atoms with Crippen molar-refractivity contribution in [3.63, 3.8) is 0 Å². The Morgan fingerprint density at radius 3 is 2.61 bits per heavy atom. The number of nitrogens with zero attached hydrogens (tertiary/aromatic N) is 3. The fourth-order valence-corrected chi connectivity index (χ4v) is 3.06. The van der Waals surface area contributed by atoms with E-state index in [1.165, 1.54) is 0 Å². The molecule has 128 valence electrons. The number of aryl methyl sites for hydroxylation is 1. The van der Waals surface area contributed by atoms with Gasteiger partial charge in [0.15, 0.2) is 0 Å². The van der Waals surface area contributed by atoms with Crippen LogP contribution in [0, 0.1) is 6.92 Å². The van der Waals surface area contributed by atoms with E-state index in [0.29, 0.717) is 0 Å². The molecule has 23 heavy (non-hydrogen) atoms. The smallest absolute Gasteiger partial charge is 0.410 e. The summed E-state index contributed by atoms with van der Waals surface area (Å²) in [7, 11) is 3.98. The summed E-state index contributed by atoms with van der Waals surface area (Å²) in [5.74, 6) is 0.966. The maximum atomic E-state index is 12.5. The number of carbonyl (C=O) groups is 1. The lowest BCUT2D eigenvalue weighted by molar-refractivity contribution is 0.00947. The number of anilines is 1. The second-order valence-corrected chi connectivity index (χ2v) is 7.49. The molecule has 0 saturated carbocycles. The Labute approximate surface area is 139 Å². The first-order valence-corrected chi connectivity index (χ1v) is 8.32. The molecule has 0 spiro atoms. The van der Waals surface area contributed by atoms with E-state index in [4.69, 9.17) is 4.74 Å². The highest BCUT2D eigenvalue weighted by Gasteiger charge is 2.31. The van der Waals surface area contributed by atoms with E-state index in [2.05, 4.69) is 18.0 Å². The summed E-state index contributed by atoms with van der Waals surface area (Å²) in [5.41, 5.74) is 1.75. The van der Waals surface area contributed by atoms with E-state index in [1.807, 2.05) is 50.9 Å². The topological polar surface area (TPSA) is 45.7 Å². The first-order chi connectivity index (χ1) is 10.7. The number of aromatic nitrogens is 1. The van der Waals surface area contributed by atoms with Crippen molar-refractivity contribution in [3.8, 4) is 0 Å². The van der Waals surface area contributed by atoms with Gasteiger partial charge in [-0.2, -0.15) is 0 Å². The fourth-order valence-electron chi connectivity index (χ4n) is 3.06. The summed E-state index contributed by atoms with van der Waals surface area (Å²) in [6, 6.07) is 2.20. The normalized spacial score (nSPS) is 18.7. The lowest BCUT2D eigenvalue weighted by atomic mass is 9.96. The Balaban J connectivity index is 2.24. The molecule has 1 unspecified atom stereocenters. The number of hydrogen-bond acceptors (Lipinski definition) is 4. The Bertz CT molecular complexity index is 564. The van der Waals surface area contributed by atoms with E-state index in [-0.39, 0.29) is 12.1 Å². The zero-order valence-electron chi connectivity index (χ0n) is 15.2. The van der Waals surface area contributed by atoms with Crippen molar-refractivity contribution in [2.75, 3.05) is 25.5 Å². The number of pyridine rings is 1. The van der Waals surface area contributed by atoms with Crippen LogP contribution in [0.3, 0.4) is 0 Å². The molecular formula is C18H29N3O2. The molecule has 5 nitrogen and oxygen atoms in total. The number of ether oxygens (including phenoxy) is 1. The van der Waals surface area contributed by atoms with Crippen LogP contribution < -0.4 is 4.90 Å². The number of piperidine rings is 1. The number of rotatable bonds is 2. The van der Waals surface area contributed by atoms with Gasteiger partial charge in [-0.3, -0.25) is 0 Å². The lowest BCUT2D eigenvalue weighted by Gasteiger charge is -2.37. The van der Waals surface area contributed by atoms with Gasteiger partial charge in [0.2, 0.25) is 0 Å². The van der Waals surface area contributed by atoms with Crippen LogP contribution in [0.5, 0.6) is 0 Å². The van der Waals surface area contributed by atoms with E-state index in [1.54, 1.807) is 0 Å². The van der Waals surface area contributed by atoms with Gasteiger partial charge in [0.05, 0.1) is 6.04 Å². The SMILES string of the molecule is Cc1cc(C2CCCCN2C(=O)OC(C)(C)C)cnc1N(C)C. The van der Waals surface area contributed by atoms with Crippen molar-refractivity contribution in [1.29, 1.82) is 0 Å². The molecule has 1 atom stereocenters. The minimum absolute atomic E-state index is 0.0565. The lowest BCUT2D eigenvalue weighted by Crippen LogP contribution is -2.41. The van der Waals surface area contributed by atoms with Crippen molar-refractivity contribution in [2.24, 2.45) is 0 Å². The minimum Gasteiger partial charge on any atom is -0.444 e. The van der Waals surface area contributed by atoms with Gasteiger partial charge >= 0.3 is 6.09 Å². The number of amides is 1. The number of likely N-dealkylation sites (tertiary alicyclic amines) is 1. The van der Waals surface area contributed by atoms with Crippen molar-refractivity contribution in [2.45, 2.75) is 58.6 Å². The molecule has 1 aromatic rings. The number of carbonyl (C=O) groups excluding carboxylic acids is 1. The molecule has 5 heteroatoms. The van der Waals surface area contributed by atoms with E-state index in [0.717, 1.165) is 42.8 Å². The van der Waals surface area contributed by atoms with Crippen LogP contribution in [-0.4, -0.2) is 42.2 Å². The molecule has 1 aliphatic rings. The molecule has 2 heterocycles. The molecule has 1 aliphatic heterocycles. The van der Waals surface area contributed by atoms with Crippen LogP contribution in [-0.2, 0) is 4.74 Å². The van der Waals surface area contributed by atoms with E-state index in [9.17, 15) is 4.79 Å². The molecule has 0 aromatic carbocycles. The average molecular weight is 319 g/mol. The third-order valence-electron chi connectivity index (χ3n) is 4.01. The van der Waals surface area contributed by atoms with Crippen LogP contribution >= 0.6 is 0 Å². The van der Waals surface area contributed by atoms with Gasteiger partial charge in [0.1, 0.15) is 11.4 Å². The first kappa shape index (κ1) is 17.6. The Morgan fingerprint density at radius 1 is 1.35 bits per heavy atom. The van der Waals surface area contributed by atoms with Crippen molar-refractivity contribution in [3.05, 3.63) is 23.4 Å². The monoisotopic (exact) mass is 319 g/mol. The molecule has 0 aliphatic carbocycles. The van der Waals surface area contributed by atoms with Crippen LogP contribution in [0.4, 0.5) is 10.6 Å². The third-order valence-corrected chi connectivity index (χ3v) is 4.01. The highest BCUT2D eigenvalue weighted by Crippen LogP contribution is 2.33. The highest BCUT2D eigenvalue weighted by molar-refractivity contribution is 5.69. The Kier molecular flexibility index (Phi) is 5.17. The van der Waals surface area contributed by atoms with Gasteiger partial charge in [0, 0.05) is 26.8 Å². The molecule has 0 radical (unpaired) electrons. The van der Waals surface area contributed by atoms with Crippen molar-refractivity contribution >= 4 is 11.9 Å². The third kappa shape index (κ3) is 4.36. The standard InChI is InChI=1S/C18H29N3O2/c1-13-11-14(12-19-16(13)20(5)6)15-9-7-8-10-21(15)17(22)23-18(2,3)4/h11-12,15H,7-10H2,1-6H3. The highest BCUT2D eigenvalue weighted by atomic mass is 16.6. The zero-order valence-corrected chi connectivity index (χ0v) is 15.2. The number of hydrogen-bond donors (Lipinski definition) is 0. The predicted octanol–water partition coefficient (Wildman–Crippen LogP) is 3.92. The van der Waals surface area contributed by atoms with E-state index < -0.39 is 5.60 Å². The zero-order chi connectivity index (χ0) is 17.2. The molecule has 1 saturated heterocycles. The molecule has 0 N–H and O–H groups in total. The molecule has 2 rings (SSSR count). The summed E-state index contributed by atoms with van der Waals surface area (Å²) in [5, 5.41) is 0. The second kappa shape index (κ2) is 6.77. The summed E-state index contributed by atoms with van der Waals surface area (Å²) >= 11 is 0. The summed E-state index contributed by atoms with van der Waals surface area (Å²) < 4.78 is 5.58. The molecule has 0 bridgehead atoms. The maximum absolute atomic E-state index is 12.5. The van der Waals surface area contributed by atoms with Gasteiger partial charge in [-0.1, -0.05) is 0 Å². The average Bonchev–Trinajstić information content (AvgIpc) is 2.45. The molecule has 1 fully saturated rings. The van der Waals surface area contributed by atoms with E-state index >= 15 is 0 Å². The van der Waals surface area contributed by atoms with Crippen LogP contribution in [0.1, 0.15) is 57.2 Å². The quantitative estimate of drug-likeness (QED) is 0.829. The van der Waals surface area contributed by atoms with Crippen LogP contribution in [0.2, 0.25) is 0 Å². The van der Waals surface area contributed by atoms with Gasteiger partial charge in [0.25, 0.3) is 0 Å². The Hall–Kier alpha value is -1.78. The van der Waals surface area contributed by atoms with Gasteiger partial charge < -0.3 is 14.5 Å². The molecule has 1 aromatic heterocycles. The van der Waals surface area contributed by atoms with Crippen LogP contribution in [0.15, 0.2) is 12.3 Å². The van der Waals surface area contributed by atoms with Crippen LogP contribution in [0.25, 0.3) is 0 Å². The van der Waals surface area contributed by atoms with Gasteiger partial charge in [-0.05, 0) is 64.2 Å². The summed E-state index contributed by atoms with van der Waals surface area (Å²) in [4.78, 5) is 21.0. The second-order valence-electron chi connectivity index (χ2n) is 7.49. The summed E-state index contributed by atoms with van der Waals surface area (Å²) in [6.45, 7) is 8.52. The minimum atomic E-state index is -0.470. The van der Waals surface area contributed by atoms with Gasteiger partial charge in [-0.25, -0.2) is 9.78 Å². The Morgan fingerprint density at radius 2 is 2.04 bits per heavy atom. The van der Waals surface area contributed by atoms with Gasteiger partial charge in [-0.15, -0.1) is 0 Å². The van der Waals surface area contributed by atoms with Crippen molar-refractivity contribution < 1.29 is 9.53 Å². The molecular weight excluding hydrogens is 290 g/mol.